The van der Waals surface area contributed by atoms with Gasteiger partial charge in [-0.25, -0.2) is 4.79 Å². The fourth-order valence-electron chi connectivity index (χ4n) is 2.98. The first-order chi connectivity index (χ1) is 11.6. The zero-order valence-corrected chi connectivity index (χ0v) is 13.9. The van der Waals surface area contributed by atoms with Crippen molar-refractivity contribution in [2.45, 2.75) is 25.6 Å². The van der Waals surface area contributed by atoms with E-state index < -0.39 is 11.5 Å². The van der Waals surface area contributed by atoms with Crippen molar-refractivity contribution in [2.24, 2.45) is 5.41 Å². The molecule has 1 heterocycles. The molecule has 4 heteroatoms. The summed E-state index contributed by atoms with van der Waals surface area (Å²) in [5, 5.41) is 10.5. The molecule has 1 N–H and O–H groups in total. The molecule has 0 fully saturated rings. The molecule has 1 aromatic rings. The second-order valence-electron chi connectivity index (χ2n) is 6.09. The van der Waals surface area contributed by atoms with Gasteiger partial charge in [-0.1, -0.05) is 54.6 Å². The number of amides is 1. The van der Waals surface area contributed by atoms with Gasteiger partial charge in [-0.2, -0.15) is 0 Å². The van der Waals surface area contributed by atoms with Crippen molar-refractivity contribution in [3.05, 3.63) is 73.4 Å². The smallest absolute Gasteiger partial charge is 0.410 e. The molecule has 2 atom stereocenters. The predicted octanol–water partition coefficient (Wildman–Crippen LogP) is 3.69. The van der Waals surface area contributed by atoms with E-state index in [9.17, 15) is 9.90 Å². The van der Waals surface area contributed by atoms with Gasteiger partial charge in [0.15, 0.2) is 0 Å². The minimum atomic E-state index is -0.617. The van der Waals surface area contributed by atoms with E-state index in [0.29, 0.717) is 25.9 Å². The number of carbonyl (C=O) groups is 1. The van der Waals surface area contributed by atoms with Crippen molar-refractivity contribution in [1.29, 1.82) is 0 Å². The van der Waals surface area contributed by atoms with Crippen molar-refractivity contribution >= 4 is 6.09 Å². The maximum atomic E-state index is 12.4. The summed E-state index contributed by atoms with van der Waals surface area (Å²) in [6, 6.07) is 9.57. The van der Waals surface area contributed by atoms with Crippen LogP contribution < -0.4 is 0 Å². The van der Waals surface area contributed by atoms with Crippen LogP contribution in [0.3, 0.4) is 0 Å². The molecule has 1 aliphatic rings. The Balaban J connectivity index is 2.03. The summed E-state index contributed by atoms with van der Waals surface area (Å²) in [6.07, 6.45) is 7.42. The molecule has 1 aliphatic heterocycles. The Morgan fingerprint density at radius 3 is 2.75 bits per heavy atom. The van der Waals surface area contributed by atoms with Crippen molar-refractivity contribution in [3.8, 4) is 0 Å². The highest BCUT2D eigenvalue weighted by Gasteiger charge is 2.39. The normalized spacial score (nSPS) is 21.1. The van der Waals surface area contributed by atoms with E-state index in [0.717, 1.165) is 5.56 Å². The Morgan fingerprint density at radius 1 is 1.33 bits per heavy atom. The quantitative estimate of drug-likeness (QED) is 0.777. The fraction of sp³-hybridized carbons (Fsp3) is 0.350. The van der Waals surface area contributed by atoms with Crippen LogP contribution in [-0.4, -0.2) is 35.3 Å². The Bertz CT molecular complexity index is 596. The van der Waals surface area contributed by atoms with Gasteiger partial charge in [-0.05, 0) is 18.4 Å². The van der Waals surface area contributed by atoms with E-state index in [1.165, 1.54) is 0 Å². The maximum absolute atomic E-state index is 12.4. The van der Waals surface area contributed by atoms with Gasteiger partial charge in [0, 0.05) is 18.5 Å². The minimum absolute atomic E-state index is 0.240. The summed E-state index contributed by atoms with van der Waals surface area (Å²) >= 11 is 0. The number of benzene rings is 1. The van der Waals surface area contributed by atoms with E-state index in [4.69, 9.17) is 4.74 Å². The molecule has 0 saturated carbocycles. The van der Waals surface area contributed by atoms with Gasteiger partial charge in [-0.15, -0.1) is 13.2 Å². The van der Waals surface area contributed by atoms with Gasteiger partial charge >= 0.3 is 6.09 Å². The van der Waals surface area contributed by atoms with Gasteiger partial charge < -0.3 is 14.7 Å². The number of ether oxygens (including phenoxy) is 1. The van der Waals surface area contributed by atoms with E-state index in [1.54, 1.807) is 17.1 Å². The summed E-state index contributed by atoms with van der Waals surface area (Å²) in [6.45, 7) is 8.59. The molecule has 0 bridgehead atoms. The first-order valence-corrected chi connectivity index (χ1v) is 8.14. The van der Waals surface area contributed by atoms with Gasteiger partial charge in [0.1, 0.15) is 6.61 Å². The molecule has 4 nitrogen and oxygen atoms in total. The zero-order valence-electron chi connectivity index (χ0n) is 13.9. The van der Waals surface area contributed by atoms with Crippen LogP contribution in [0, 0.1) is 5.41 Å². The number of nitrogens with zero attached hydrogens (tertiary/aromatic N) is 1. The molecular formula is C20H25NO3. The molecule has 0 saturated heterocycles. The minimum Gasteiger partial charge on any atom is -0.445 e. The molecule has 1 aromatic carbocycles. The average Bonchev–Trinajstić information content (AvgIpc) is 2.61. The Labute approximate surface area is 143 Å². The average molecular weight is 327 g/mol. The molecule has 128 valence electrons. The van der Waals surface area contributed by atoms with Crippen LogP contribution in [0.2, 0.25) is 0 Å². The molecule has 0 aromatic heterocycles. The van der Waals surface area contributed by atoms with Crippen LogP contribution >= 0.6 is 0 Å². The highest BCUT2D eigenvalue weighted by molar-refractivity contribution is 5.68. The fourth-order valence-corrected chi connectivity index (χ4v) is 2.98. The van der Waals surface area contributed by atoms with E-state index >= 15 is 0 Å². The second-order valence-corrected chi connectivity index (χ2v) is 6.09. The van der Waals surface area contributed by atoms with Crippen molar-refractivity contribution in [3.63, 3.8) is 0 Å². The monoisotopic (exact) mass is 327 g/mol. The summed E-state index contributed by atoms with van der Waals surface area (Å²) in [5.74, 6) is 0. The lowest BCUT2D eigenvalue weighted by Gasteiger charge is -2.41. The third-order valence-electron chi connectivity index (χ3n) is 4.30. The Hall–Kier alpha value is -2.33. The van der Waals surface area contributed by atoms with Crippen molar-refractivity contribution in [1.82, 2.24) is 4.90 Å². The summed E-state index contributed by atoms with van der Waals surface area (Å²) in [4.78, 5) is 14.0. The number of hydrogen-bond donors (Lipinski definition) is 1. The number of aliphatic hydroxyl groups is 1. The maximum Gasteiger partial charge on any atom is 0.410 e. The van der Waals surface area contributed by atoms with Crippen LogP contribution in [-0.2, 0) is 11.3 Å². The van der Waals surface area contributed by atoms with E-state index in [-0.39, 0.29) is 12.7 Å². The third kappa shape index (κ3) is 4.36. The first-order valence-electron chi connectivity index (χ1n) is 8.14. The van der Waals surface area contributed by atoms with Gasteiger partial charge in [0.05, 0.1) is 6.10 Å². The highest BCUT2D eigenvalue weighted by atomic mass is 16.6. The van der Waals surface area contributed by atoms with Crippen molar-refractivity contribution < 1.29 is 14.6 Å². The van der Waals surface area contributed by atoms with Gasteiger partial charge in [0.2, 0.25) is 0 Å². The molecule has 0 radical (unpaired) electrons. The molecular weight excluding hydrogens is 302 g/mol. The van der Waals surface area contributed by atoms with Crippen LogP contribution in [0.5, 0.6) is 0 Å². The lowest BCUT2D eigenvalue weighted by Crippen LogP contribution is -2.49. The van der Waals surface area contributed by atoms with Crippen molar-refractivity contribution in [2.75, 3.05) is 13.1 Å². The lowest BCUT2D eigenvalue weighted by atomic mass is 9.75. The van der Waals surface area contributed by atoms with Gasteiger partial charge in [0.25, 0.3) is 0 Å². The first kappa shape index (κ1) is 18.0. The Kier molecular flexibility index (Phi) is 6.38. The molecule has 0 unspecified atom stereocenters. The standard InChI is InChI=1S/C20H25NO3/c1-3-9-18(22)20(12-4-2)13-8-14-21(16-20)19(23)24-15-17-10-6-5-7-11-17/h3-8,10-11,13,18,22H,1-2,9,12,14-16H2/t18-,20+/m1/s1. The largest absolute Gasteiger partial charge is 0.445 e. The van der Waals surface area contributed by atoms with E-state index in [2.05, 4.69) is 13.2 Å². The van der Waals surface area contributed by atoms with E-state index in [1.807, 2.05) is 42.5 Å². The Morgan fingerprint density at radius 2 is 2.08 bits per heavy atom. The molecule has 1 amide bonds. The van der Waals surface area contributed by atoms with Crippen LogP contribution in [0.4, 0.5) is 4.79 Å². The zero-order chi connectivity index (χ0) is 17.4. The molecule has 24 heavy (non-hydrogen) atoms. The molecule has 0 spiro atoms. The number of rotatable bonds is 7. The summed E-state index contributed by atoms with van der Waals surface area (Å²) in [7, 11) is 0. The summed E-state index contributed by atoms with van der Waals surface area (Å²) < 4.78 is 5.40. The SMILES string of the molecule is C=CC[C@@H](O)[C@@]1(CC=C)C=CCN(C(=O)OCc2ccccc2)C1. The topological polar surface area (TPSA) is 49.8 Å². The number of aliphatic hydroxyl groups excluding tert-OH is 1. The second kappa shape index (κ2) is 8.50. The number of allylic oxidation sites excluding steroid dienone is 1. The summed E-state index contributed by atoms with van der Waals surface area (Å²) in [5.41, 5.74) is 0.405. The molecule has 0 aliphatic carbocycles. The predicted molar refractivity (Wildman–Crippen MR) is 95.4 cm³/mol. The molecule has 2 rings (SSSR count). The lowest BCUT2D eigenvalue weighted by molar-refractivity contribution is 0.0231. The third-order valence-corrected chi connectivity index (χ3v) is 4.30. The van der Waals surface area contributed by atoms with Crippen LogP contribution in [0.1, 0.15) is 18.4 Å². The number of carbonyl (C=O) groups excluding carboxylic acids is 1. The number of hydrogen-bond acceptors (Lipinski definition) is 3. The van der Waals surface area contributed by atoms with Crippen LogP contribution in [0.15, 0.2) is 67.8 Å². The van der Waals surface area contributed by atoms with Gasteiger partial charge in [-0.3, -0.25) is 0 Å². The van der Waals surface area contributed by atoms with Crippen LogP contribution in [0.25, 0.3) is 0 Å². The highest BCUT2D eigenvalue weighted by Crippen LogP contribution is 2.35.